The van der Waals surface area contributed by atoms with Crippen LogP contribution in [0.1, 0.15) is 5.56 Å². The SMILES string of the molecule is FC(F)(F)c1cc[se]c1. The summed E-state index contributed by atoms with van der Waals surface area (Å²) in [4.78, 5) is 2.78. The average molecular weight is 199 g/mol. The zero-order chi connectivity index (χ0) is 6.91. The molecule has 4 heteroatoms. The van der Waals surface area contributed by atoms with Crippen molar-refractivity contribution in [3.05, 3.63) is 21.5 Å². The predicted molar refractivity (Wildman–Crippen MR) is 28.4 cm³/mol. The second kappa shape index (κ2) is 2.20. The summed E-state index contributed by atoms with van der Waals surface area (Å²) in [7, 11) is 0. The predicted octanol–water partition coefficient (Wildman–Crippen LogP) is 1.76. The Morgan fingerprint density at radius 2 is 2.00 bits per heavy atom. The van der Waals surface area contributed by atoms with Crippen molar-refractivity contribution in [3.63, 3.8) is 0 Å². The molecule has 1 heterocycles. The standard InChI is InChI=1S/C5H3F3Se/c6-5(7,8)4-1-2-9-3-4/h1-3H. The van der Waals surface area contributed by atoms with Crippen molar-refractivity contribution >= 4 is 14.5 Å². The molecule has 1 aromatic rings. The van der Waals surface area contributed by atoms with Crippen molar-refractivity contribution in [2.75, 3.05) is 0 Å². The third-order valence-corrected chi connectivity index (χ3v) is 2.28. The third kappa shape index (κ3) is 1.60. The van der Waals surface area contributed by atoms with Gasteiger partial charge < -0.3 is 0 Å². The van der Waals surface area contributed by atoms with Gasteiger partial charge >= 0.3 is 55.4 Å². The Balaban J connectivity index is 2.90. The zero-order valence-electron chi connectivity index (χ0n) is 4.27. The Kier molecular flexibility index (Phi) is 1.68. The summed E-state index contributed by atoms with van der Waals surface area (Å²) in [6.45, 7) is 0. The molecule has 0 bridgehead atoms. The molecule has 1 rings (SSSR count). The van der Waals surface area contributed by atoms with E-state index in [9.17, 15) is 13.2 Å². The van der Waals surface area contributed by atoms with Gasteiger partial charge in [-0.15, -0.1) is 0 Å². The Hall–Kier alpha value is -0.211. The van der Waals surface area contributed by atoms with E-state index in [1.54, 1.807) is 4.94 Å². The summed E-state index contributed by atoms with van der Waals surface area (Å²) in [5, 5.41) is 0. The minimum absolute atomic E-state index is 0.0646. The Morgan fingerprint density at radius 1 is 1.33 bits per heavy atom. The maximum absolute atomic E-state index is 11.7. The van der Waals surface area contributed by atoms with Gasteiger partial charge in [0.15, 0.2) is 0 Å². The number of hydrogen-bond acceptors (Lipinski definition) is 0. The summed E-state index contributed by atoms with van der Waals surface area (Å²) in [6.07, 6.45) is -4.13. The molecular formula is C5H3F3Se. The first-order chi connectivity index (χ1) is 4.11. The van der Waals surface area contributed by atoms with Crippen LogP contribution in [0.15, 0.2) is 15.9 Å². The van der Waals surface area contributed by atoms with Gasteiger partial charge in [0.1, 0.15) is 0 Å². The fourth-order valence-electron chi connectivity index (χ4n) is 0.426. The van der Waals surface area contributed by atoms with E-state index in [2.05, 4.69) is 0 Å². The summed E-state index contributed by atoms with van der Waals surface area (Å²) >= 11 is -0.0646. The van der Waals surface area contributed by atoms with E-state index in [1.807, 2.05) is 0 Å². The fourth-order valence-corrected chi connectivity index (χ4v) is 1.82. The quantitative estimate of drug-likeness (QED) is 0.558. The van der Waals surface area contributed by atoms with Crippen molar-refractivity contribution in [3.8, 4) is 0 Å². The molecule has 0 N–H and O–H groups in total. The monoisotopic (exact) mass is 200 g/mol. The average Bonchev–Trinajstić information content (AvgIpc) is 2.08. The van der Waals surface area contributed by atoms with Crippen LogP contribution >= 0.6 is 0 Å². The molecule has 0 atom stereocenters. The van der Waals surface area contributed by atoms with Gasteiger partial charge in [0.05, 0.1) is 0 Å². The van der Waals surface area contributed by atoms with E-state index >= 15 is 0 Å². The maximum atomic E-state index is 11.7. The summed E-state index contributed by atoms with van der Waals surface area (Å²) in [6, 6.07) is 1.12. The van der Waals surface area contributed by atoms with Crippen LogP contribution in [0.25, 0.3) is 0 Å². The van der Waals surface area contributed by atoms with Crippen LogP contribution < -0.4 is 0 Å². The van der Waals surface area contributed by atoms with E-state index < -0.39 is 11.7 Å². The minimum atomic E-state index is -4.13. The van der Waals surface area contributed by atoms with Gasteiger partial charge in [-0.3, -0.25) is 0 Å². The van der Waals surface area contributed by atoms with Gasteiger partial charge in [-0.05, 0) is 0 Å². The van der Waals surface area contributed by atoms with Crippen LogP contribution in [-0.4, -0.2) is 14.5 Å². The first-order valence-electron chi connectivity index (χ1n) is 2.20. The molecule has 0 amide bonds. The summed E-state index contributed by atoms with van der Waals surface area (Å²) < 4.78 is 35.0. The number of rotatable bonds is 0. The van der Waals surface area contributed by atoms with Crippen molar-refractivity contribution < 1.29 is 13.2 Å². The van der Waals surface area contributed by atoms with Crippen LogP contribution in [0.2, 0.25) is 0 Å². The molecule has 0 aliphatic carbocycles. The van der Waals surface area contributed by atoms with Crippen molar-refractivity contribution in [2.45, 2.75) is 6.18 Å². The summed E-state index contributed by atoms with van der Waals surface area (Å²) in [5.41, 5.74) is -0.498. The Morgan fingerprint density at radius 3 is 2.22 bits per heavy atom. The Labute approximate surface area is 56.1 Å². The van der Waals surface area contributed by atoms with Crippen molar-refractivity contribution in [1.29, 1.82) is 0 Å². The molecule has 0 aliphatic heterocycles. The fraction of sp³-hybridized carbons (Fsp3) is 0.200. The van der Waals surface area contributed by atoms with Crippen LogP contribution in [0.5, 0.6) is 0 Å². The molecule has 0 fully saturated rings. The van der Waals surface area contributed by atoms with Crippen LogP contribution in [0.3, 0.4) is 0 Å². The molecule has 0 saturated heterocycles. The number of halogens is 3. The van der Waals surface area contributed by atoms with Gasteiger partial charge in [0.2, 0.25) is 0 Å². The molecule has 50 valence electrons. The molecule has 9 heavy (non-hydrogen) atoms. The van der Waals surface area contributed by atoms with Gasteiger partial charge in [0, 0.05) is 0 Å². The van der Waals surface area contributed by atoms with Crippen molar-refractivity contribution in [1.82, 2.24) is 0 Å². The molecule has 0 saturated carbocycles. The van der Waals surface area contributed by atoms with Gasteiger partial charge in [-0.1, -0.05) is 0 Å². The molecule has 0 spiro atoms. The van der Waals surface area contributed by atoms with E-state index in [0.29, 0.717) is 0 Å². The number of hydrogen-bond donors (Lipinski definition) is 0. The van der Waals surface area contributed by atoms with Gasteiger partial charge in [-0.25, -0.2) is 0 Å². The molecule has 0 unspecified atom stereocenters. The van der Waals surface area contributed by atoms with E-state index in [0.717, 1.165) is 6.07 Å². The third-order valence-electron chi connectivity index (χ3n) is 0.849. The number of alkyl halides is 3. The van der Waals surface area contributed by atoms with Crippen LogP contribution in [0, 0.1) is 0 Å². The second-order valence-corrected chi connectivity index (χ2v) is 3.15. The van der Waals surface area contributed by atoms with E-state index in [-0.39, 0.29) is 14.5 Å². The van der Waals surface area contributed by atoms with E-state index in [1.165, 1.54) is 4.94 Å². The normalized spacial score (nSPS) is 11.9. The first kappa shape index (κ1) is 6.90. The topological polar surface area (TPSA) is 0 Å². The molecule has 0 nitrogen and oxygen atoms in total. The van der Waals surface area contributed by atoms with E-state index in [4.69, 9.17) is 0 Å². The Bertz CT molecular complexity index is 175. The van der Waals surface area contributed by atoms with Gasteiger partial charge in [0.25, 0.3) is 0 Å². The molecule has 0 aromatic carbocycles. The molecule has 0 radical (unpaired) electrons. The molecule has 1 aromatic heterocycles. The molecular weight excluding hydrogens is 196 g/mol. The second-order valence-electron chi connectivity index (χ2n) is 1.51. The van der Waals surface area contributed by atoms with Crippen molar-refractivity contribution in [2.24, 2.45) is 0 Å². The van der Waals surface area contributed by atoms with Gasteiger partial charge in [-0.2, -0.15) is 0 Å². The summed E-state index contributed by atoms with van der Waals surface area (Å²) in [5.74, 6) is 0. The van der Waals surface area contributed by atoms with Crippen LogP contribution in [0.4, 0.5) is 13.2 Å². The van der Waals surface area contributed by atoms with Crippen LogP contribution in [-0.2, 0) is 6.18 Å². The zero-order valence-corrected chi connectivity index (χ0v) is 5.99. The first-order valence-corrected chi connectivity index (χ1v) is 4.18. The molecule has 0 aliphatic rings.